The Bertz CT molecular complexity index is 1090. The zero-order chi connectivity index (χ0) is 23.4. The molecule has 2 heterocycles. The predicted molar refractivity (Wildman–Crippen MR) is 127 cm³/mol. The molecule has 0 spiro atoms. The first-order chi connectivity index (χ1) is 15.9. The number of methoxy groups -OCH3 is 1. The van der Waals surface area contributed by atoms with Crippen LogP contribution in [0.3, 0.4) is 0 Å². The van der Waals surface area contributed by atoms with Gasteiger partial charge in [0.1, 0.15) is 29.3 Å². The van der Waals surface area contributed by atoms with Gasteiger partial charge in [0.05, 0.1) is 7.11 Å². The molecule has 1 aromatic heterocycles. The molecule has 4 rings (SSSR count). The second-order valence-electron chi connectivity index (χ2n) is 8.72. The van der Waals surface area contributed by atoms with Crippen molar-refractivity contribution in [3.8, 4) is 17.2 Å². The van der Waals surface area contributed by atoms with Crippen molar-refractivity contribution in [3.05, 3.63) is 71.1 Å². The topological polar surface area (TPSA) is 64.8 Å². The number of aromatic nitrogens is 1. The van der Waals surface area contributed by atoms with Gasteiger partial charge in [-0.25, -0.2) is 4.98 Å². The third-order valence-corrected chi connectivity index (χ3v) is 6.64. The van der Waals surface area contributed by atoms with E-state index < -0.39 is 5.54 Å². The van der Waals surface area contributed by atoms with E-state index in [1.165, 1.54) is 12.7 Å². The Hall–Kier alpha value is -3.12. The maximum Gasteiger partial charge on any atom is 0.326 e. The molecule has 1 fully saturated rings. The Morgan fingerprint density at radius 2 is 1.85 bits per heavy atom. The number of carbonyl (C=O) groups excluding carboxylic acids is 1. The van der Waals surface area contributed by atoms with Crippen LogP contribution in [0.2, 0.25) is 0 Å². The molecule has 0 N–H and O–H groups in total. The summed E-state index contributed by atoms with van der Waals surface area (Å²) >= 11 is 0. The van der Waals surface area contributed by atoms with E-state index in [1.807, 2.05) is 43.3 Å². The second-order valence-corrected chi connectivity index (χ2v) is 8.72. The van der Waals surface area contributed by atoms with E-state index in [1.54, 1.807) is 0 Å². The molecule has 33 heavy (non-hydrogen) atoms. The number of ether oxygens (including phenoxy) is 2. The van der Waals surface area contributed by atoms with Crippen molar-refractivity contribution in [1.29, 1.82) is 0 Å². The minimum atomic E-state index is -0.510. The lowest BCUT2D eigenvalue weighted by atomic mass is 9.92. The van der Waals surface area contributed by atoms with Crippen molar-refractivity contribution in [2.24, 2.45) is 0 Å². The van der Waals surface area contributed by atoms with E-state index in [-0.39, 0.29) is 5.97 Å². The summed E-state index contributed by atoms with van der Waals surface area (Å²) in [4.78, 5) is 19.3. The van der Waals surface area contributed by atoms with Gasteiger partial charge in [-0.05, 0) is 69.5 Å². The lowest BCUT2D eigenvalue weighted by molar-refractivity contribution is -0.154. The van der Waals surface area contributed by atoms with Crippen molar-refractivity contribution in [3.63, 3.8) is 0 Å². The quantitative estimate of drug-likeness (QED) is 0.427. The summed E-state index contributed by atoms with van der Waals surface area (Å²) in [6.07, 6.45) is 2.60. The van der Waals surface area contributed by atoms with Crippen LogP contribution in [0.1, 0.15) is 48.8 Å². The maximum atomic E-state index is 12.5. The summed E-state index contributed by atoms with van der Waals surface area (Å²) in [6.45, 7) is 7.97. The van der Waals surface area contributed by atoms with Crippen LogP contribution in [0.15, 0.2) is 52.9 Å². The van der Waals surface area contributed by atoms with Gasteiger partial charge in [-0.15, -0.1) is 0 Å². The Balaban J connectivity index is 1.39. The molecular formula is C27H32N2O4. The van der Waals surface area contributed by atoms with Gasteiger partial charge in [-0.3, -0.25) is 9.69 Å². The van der Waals surface area contributed by atoms with Crippen LogP contribution in [-0.2, 0) is 22.7 Å². The van der Waals surface area contributed by atoms with Gasteiger partial charge in [-0.1, -0.05) is 36.8 Å². The third-order valence-electron chi connectivity index (χ3n) is 6.64. The molecule has 0 aliphatic carbocycles. The van der Waals surface area contributed by atoms with Crippen molar-refractivity contribution in [2.45, 2.75) is 58.7 Å². The normalized spacial score (nSPS) is 18.4. The zero-order valence-electron chi connectivity index (χ0n) is 19.9. The third kappa shape index (κ3) is 4.81. The van der Waals surface area contributed by atoms with Crippen molar-refractivity contribution in [2.75, 3.05) is 13.7 Å². The van der Waals surface area contributed by atoms with Crippen LogP contribution < -0.4 is 4.74 Å². The van der Waals surface area contributed by atoms with E-state index in [4.69, 9.17) is 13.9 Å². The van der Waals surface area contributed by atoms with Crippen molar-refractivity contribution >= 4 is 5.97 Å². The fourth-order valence-electron chi connectivity index (χ4n) is 4.58. The SMILES string of the molecule is CCC1(C(=O)OC)CCCN1Cc1ccc(OCc2nc(-c3ccc(C)cc3)oc2C)cc1. The number of benzene rings is 2. The summed E-state index contributed by atoms with van der Waals surface area (Å²) < 4.78 is 16.9. The van der Waals surface area contributed by atoms with Gasteiger partial charge < -0.3 is 13.9 Å². The summed E-state index contributed by atoms with van der Waals surface area (Å²) in [5, 5.41) is 0. The lowest BCUT2D eigenvalue weighted by Crippen LogP contribution is -2.50. The van der Waals surface area contributed by atoms with Crippen LogP contribution in [0, 0.1) is 13.8 Å². The summed E-state index contributed by atoms with van der Waals surface area (Å²) in [6, 6.07) is 16.2. The summed E-state index contributed by atoms with van der Waals surface area (Å²) in [7, 11) is 1.47. The van der Waals surface area contributed by atoms with E-state index in [0.717, 1.165) is 54.1 Å². The number of aryl methyl sites for hydroxylation is 2. The molecule has 1 saturated heterocycles. The largest absolute Gasteiger partial charge is 0.487 e. The van der Waals surface area contributed by atoms with Gasteiger partial charge in [0.25, 0.3) is 0 Å². The number of oxazole rings is 1. The minimum absolute atomic E-state index is 0.129. The van der Waals surface area contributed by atoms with Crippen molar-refractivity contribution in [1.82, 2.24) is 9.88 Å². The average Bonchev–Trinajstić information content (AvgIpc) is 3.42. The number of hydrogen-bond acceptors (Lipinski definition) is 6. The molecule has 1 aliphatic heterocycles. The van der Waals surface area contributed by atoms with Gasteiger partial charge in [-0.2, -0.15) is 0 Å². The number of carbonyl (C=O) groups is 1. The van der Waals surface area contributed by atoms with Crippen LogP contribution in [0.5, 0.6) is 5.75 Å². The fourth-order valence-corrected chi connectivity index (χ4v) is 4.58. The zero-order valence-corrected chi connectivity index (χ0v) is 19.9. The summed E-state index contributed by atoms with van der Waals surface area (Å²) in [5.41, 5.74) is 3.58. The molecule has 2 aromatic carbocycles. The molecule has 0 radical (unpaired) electrons. The molecule has 0 amide bonds. The molecular weight excluding hydrogens is 416 g/mol. The Labute approximate surface area is 195 Å². The number of hydrogen-bond donors (Lipinski definition) is 0. The summed E-state index contributed by atoms with van der Waals surface area (Å²) in [5.74, 6) is 2.01. The van der Waals surface area contributed by atoms with E-state index >= 15 is 0 Å². The first kappa shape index (κ1) is 23.1. The number of esters is 1. The first-order valence-electron chi connectivity index (χ1n) is 11.5. The molecule has 1 unspecified atom stereocenters. The molecule has 3 aromatic rings. The molecule has 0 bridgehead atoms. The fraction of sp³-hybridized carbons (Fsp3) is 0.407. The first-order valence-corrected chi connectivity index (χ1v) is 11.5. The molecule has 1 aliphatic rings. The van der Waals surface area contributed by atoms with E-state index in [9.17, 15) is 4.79 Å². The van der Waals surface area contributed by atoms with Crippen LogP contribution >= 0.6 is 0 Å². The Morgan fingerprint density at radius 1 is 1.12 bits per heavy atom. The molecule has 6 heteroatoms. The highest BCUT2D eigenvalue weighted by Crippen LogP contribution is 2.35. The second kappa shape index (κ2) is 9.79. The van der Waals surface area contributed by atoms with Crippen molar-refractivity contribution < 1.29 is 18.7 Å². The average molecular weight is 449 g/mol. The van der Waals surface area contributed by atoms with Crippen LogP contribution in [0.25, 0.3) is 11.5 Å². The van der Waals surface area contributed by atoms with Gasteiger partial charge in [0, 0.05) is 12.1 Å². The van der Waals surface area contributed by atoms with E-state index in [2.05, 4.69) is 35.9 Å². The highest BCUT2D eigenvalue weighted by Gasteiger charge is 2.46. The lowest BCUT2D eigenvalue weighted by Gasteiger charge is -2.35. The molecule has 6 nitrogen and oxygen atoms in total. The number of rotatable bonds is 8. The standard InChI is InChI=1S/C27H32N2O4/c1-5-27(26(30)31-4)15-6-16-29(27)17-21-9-13-23(14-10-21)32-18-24-20(3)33-25(28-24)22-11-7-19(2)8-12-22/h7-14H,5-6,15-18H2,1-4H3. The minimum Gasteiger partial charge on any atom is -0.487 e. The Morgan fingerprint density at radius 3 is 2.52 bits per heavy atom. The number of nitrogens with zero attached hydrogens (tertiary/aromatic N) is 2. The van der Waals surface area contributed by atoms with Crippen LogP contribution in [-0.4, -0.2) is 35.0 Å². The highest BCUT2D eigenvalue weighted by atomic mass is 16.5. The Kier molecular flexibility index (Phi) is 6.84. The predicted octanol–water partition coefficient (Wildman–Crippen LogP) is 5.46. The van der Waals surface area contributed by atoms with Gasteiger partial charge in [0.2, 0.25) is 5.89 Å². The number of likely N-dealkylation sites (tertiary alicyclic amines) is 1. The smallest absolute Gasteiger partial charge is 0.326 e. The monoisotopic (exact) mass is 448 g/mol. The van der Waals surface area contributed by atoms with E-state index in [0.29, 0.717) is 19.0 Å². The molecule has 174 valence electrons. The maximum absolute atomic E-state index is 12.5. The van der Waals surface area contributed by atoms with Gasteiger partial charge in [0.15, 0.2) is 0 Å². The van der Waals surface area contributed by atoms with Crippen LogP contribution in [0.4, 0.5) is 0 Å². The van der Waals surface area contributed by atoms with Gasteiger partial charge >= 0.3 is 5.97 Å². The highest BCUT2D eigenvalue weighted by molar-refractivity contribution is 5.81. The molecule has 0 saturated carbocycles. The molecule has 1 atom stereocenters.